The number of hydrogen-bond acceptors (Lipinski definition) is 3. The van der Waals surface area contributed by atoms with Crippen LogP contribution in [-0.2, 0) is 0 Å². The van der Waals surface area contributed by atoms with E-state index in [0.717, 1.165) is 36.0 Å². The van der Waals surface area contributed by atoms with Crippen molar-refractivity contribution in [1.29, 1.82) is 0 Å². The summed E-state index contributed by atoms with van der Waals surface area (Å²) in [6.07, 6.45) is 2.97. The highest BCUT2D eigenvalue weighted by Gasteiger charge is 2.22. The second-order valence-electron chi connectivity index (χ2n) is 6.19. The Labute approximate surface area is 135 Å². The molecule has 21 heavy (non-hydrogen) atoms. The molecule has 4 N–H and O–H groups in total. The van der Waals surface area contributed by atoms with Crippen LogP contribution in [-0.4, -0.2) is 17.6 Å². The lowest BCUT2D eigenvalue weighted by atomic mass is 9.86. The monoisotopic (exact) mass is 355 g/mol. The van der Waals surface area contributed by atoms with Gasteiger partial charge in [0.2, 0.25) is 0 Å². The molecule has 1 aromatic rings. The number of rotatable bonds is 7. The third-order valence-corrected chi connectivity index (χ3v) is 4.39. The third kappa shape index (κ3) is 5.23. The lowest BCUT2D eigenvalue weighted by molar-refractivity contribution is 0.304. The second-order valence-corrected chi connectivity index (χ2v) is 7.05. The highest BCUT2D eigenvalue weighted by atomic mass is 79.9. The summed E-state index contributed by atoms with van der Waals surface area (Å²) in [5.41, 5.74) is 9.10. The molecule has 1 aromatic carbocycles. The van der Waals surface area contributed by atoms with Gasteiger partial charge in [-0.1, -0.05) is 31.5 Å². The van der Waals surface area contributed by atoms with E-state index in [1.807, 2.05) is 13.8 Å². The summed E-state index contributed by atoms with van der Waals surface area (Å²) in [6.45, 7) is 9.11. The Bertz CT molecular complexity index is 489. The predicted molar refractivity (Wildman–Crippen MR) is 93.1 cm³/mol. The number of benzene rings is 1. The van der Waals surface area contributed by atoms with Crippen molar-refractivity contribution in [2.45, 2.75) is 47.0 Å². The summed E-state index contributed by atoms with van der Waals surface area (Å²) in [5.74, 6) is 0.299. The molecule has 5 heteroatoms. The molecule has 0 bridgehead atoms. The number of nitrogens with zero attached hydrogens (tertiary/aromatic N) is 1. The quantitative estimate of drug-likeness (QED) is 0.223. The van der Waals surface area contributed by atoms with Crippen LogP contribution in [0.3, 0.4) is 0 Å². The Balaban J connectivity index is 2.42. The van der Waals surface area contributed by atoms with Gasteiger partial charge in [0.1, 0.15) is 5.84 Å². The molecule has 0 fully saturated rings. The second kappa shape index (κ2) is 7.69. The molecule has 0 unspecified atom stereocenters. The molecule has 0 aliphatic rings. The minimum absolute atomic E-state index is 0.255. The molecular weight excluding hydrogens is 330 g/mol. The molecule has 0 amide bonds. The predicted octanol–water partition coefficient (Wildman–Crippen LogP) is 4.42. The Kier molecular flexibility index (Phi) is 6.52. The summed E-state index contributed by atoms with van der Waals surface area (Å²) in [4.78, 5) is 0. The van der Waals surface area contributed by atoms with Crippen molar-refractivity contribution < 1.29 is 5.21 Å². The summed E-state index contributed by atoms with van der Waals surface area (Å²) in [6, 6.07) is 4.30. The highest BCUT2D eigenvalue weighted by Crippen LogP contribution is 2.28. The van der Waals surface area contributed by atoms with Crippen molar-refractivity contribution in [2.24, 2.45) is 16.3 Å². The van der Waals surface area contributed by atoms with Gasteiger partial charge in [0.25, 0.3) is 0 Å². The first kappa shape index (κ1) is 17.8. The SMILES string of the molecule is Cc1cc(C)c(NCCCCC(C)(C)/C(N)=N/O)c(Br)c1. The Hall–Kier alpha value is -1.23. The fraction of sp³-hybridized carbons (Fsp3) is 0.562. The maximum absolute atomic E-state index is 8.75. The fourth-order valence-corrected chi connectivity index (χ4v) is 3.12. The highest BCUT2D eigenvalue weighted by molar-refractivity contribution is 9.10. The summed E-state index contributed by atoms with van der Waals surface area (Å²) in [7, 11) is 0. The number of unbranched alkanes of at least 4 members (excludes halogenated alkanes) is 1. The number of anilines is 1. The van der Waals surface area contributed by atoms with Crippen LogP contribution in [0.2, 0.25) is 0 Å². The standard InChI is InChI=1S/C16H26BrN3O/c1-11-9-12(2)14(13(17)10-11)19-8-6-5-7-16(3,4)15(18)20-21/h9-10,19,21H,5-8H2,1-4H3,(H2,18,20). The fourth-order valence-electron chi connectivity index (χ4n) is 2.31. The topological polar surface area (TPSA) is 70.6 Å². The van der Waals surface area contributed by atoms with E-state index < -0.39 is 0 Å². The first-order chi connectivity index (χ1) is 9.77. The maximum Gasteiger partial charge on any atom is 0.144 e. The first-order valence-corrected chi connectivity index (χ1v) is 8.06. The molecule has 0 aliphatic heterocycles. The van der Waals surface area contributed by atoms with Crippen LogP contribution >= 0.6 is 15.9 Å². The zero-order valence-corrected chi connectivity index (χ0v) is 14.9. The van der Waals surface area contributed by atoms with Gasteiger partial charge in [-0.25, -0.2) is 0 Å². The number of nitrogens with one attached hydrogen (secondary N) is 1. The molecule has 0 saturated heterocycles. The van der Waals surface area contributed by atoms with Gasteiger partial charge >= 0.3 is 0 Å². The smallest absolute Gasteiger partial charge is 0.144 e. The van der Waals surface area contributed by atoms with Gasteiger partial charge in [-0.3, -0.25) is 0 Å². The summed E-state index contributed by atoms with van der Waals surface area (Å²) < 4.78 is 1.11. The van der Waals surface area contributed by atoms with Crippen molar-refractivity contribution in [3.8, 4) is 0 Å². The summed E-state index contributed by atoms with van der Waals surface area (Å²) in [5, 5.41) is 15.3. The Morgan fingerprint density at radius 3 is 2.57 bits per heavy atom. The van der Waals surface area contributed by atoms with Gasteiger partial charge in [0.15, 0.2) is 0 Å². The van der Waals surface area contributed by atoms with Gasteiger partial charge in [0, 0.05) is 16.4 Å². The summed E-state index contributed by atoms with van der Waals surface area (Å²) >= 11 is 3.60. The van der Waals surface area contributed by atoms with Crippen molar-refractivity contribution in [2.75, 3.05) is 11.9 Å². The van der Waals surface area contributed by atoms with E-state index in [-0.39, 0.29) is 5.41 Å². The van der Waals surface area contributed by atoms with Crippen LogP contribution in [0.25, 0.3) is 0 Å². The molecule has 0 saturated carbocycles. The Morgan fingerprint density at radius 1 is 1.33 bits per heavy atom. The molecule has 0 heterocycles. The number of hydrogen-bond donors (Lipinski definition) is 3. The number of oxime groups is 1. The van der Waals surface area contributed by atoms with Crippen LogP contribution in [0.5, 0.6) is 0 Å². The number of halogens is 1. The average Bonchev–Trinajstić information content (AvgIpc) is 2.39. The molecule has 0 radical (unpaired) electrons. The molecule has 1 rings (SSSR count). The Morgan fingerprint density at radius 2 is 2.00 bits per heavy atom. The number of aryl methyl sites for hydroxylation is 2. The zero-order valence-electron chi connectivity index (χ0n) is 13.3. The molecule has 0 aromatic heterocycles. The van der Waals surface area contributed by atoms with Gasteiger partial charge < -0.3 is 16.3 Å². The van der Waals surface area contributed by atoms with Gasteiger partial charge in [-0.2, -0.15) is 0 Å². The van der Waals surface area contributed by atoms with Crippen molar-refractivity contribution in [3.63, 3.8) is 0 Å². The van der Waals surface area contributed by atoms with E-state index in [0.29, 0.717) is 5.84 Å². The van der Waals surface area contributed by atoms with E-state index in [1.165, 1.54) is 11.1 Å². The lowest BCUT2D eigenvalue weighted by Crippen LogP contribution is -2.31. The minimum Gasteiger partial charge on any atom is -0.409 e. The van der Waals surface area contributed by atoms with Crippen molar-refractivity contribution >= 4 is 27.5 Å². The molecule has 0 atom stereocenters. The molecule has 118 valence electrons. The van der Waals surface area contributed by atoms with Gasteiger partial charge in [-0.15, -0.1) is 0 Å². The number of amidine groups is 1. The molecular formula is C16H26BrN3O. The lowest BCUT2D eigenvalue weighted by Gasteiger charge is -2.22. The van der Waals surface area contributed by atoms with Gasteiger partial charge in [-0.05, 0) is 59.8 Å². The van der Waals surface area contributed by atoms with E-state index in [4.69, 9.17) is 10.9 Å². The van der Waals surface area contributed by atoms with E-state index >= 15 is 0 Å². The minimum atomic E-state index is -0.255. The largest absolute Gasteiger partial charge is 0.409 e. The van der Waals surface area contributed by atoms with Crippen LogP contribution in [0.1, 0.15) is 44.2 Å². The van der Waals surface area contributed by atoms with Crippen LogP contribution in [0.15, 0.2) is 21.8 Å². The average molecular weight is 356 g/mol. The molecule has 0 spiro atoms. The zero-order chi connectivity index (χ0) is 16.0. The maximum atomic E-state index is 8.75. The third-order valence-electron chi connectivity index (χ3n) is 3.76. The van der Waals surface area contributed by atoms with Crippen LogP contribution < -0.4 is 11.1 Å². The number of nitrogens with two attached hydrogens (primary N) is 1. The first-order valence-electron chi connectivity index (χ1n) is 7.26. The van der Waals surface area contributed by atoms with Crippen LogP contribution in [0.4, 0.5) is 5.69 Å². The van der Waals surface area contributed by atoms with E-state index in [1.54, 1.807) is 0 Å². The van der Waals surface area contributed by atoms with Gasteiger partial charge in [0.05, 0.1) is 5.69 Å². The van der Waals surface area contributed by atoms with E-state index in [2.05, 4.69) is 52.4 Å². The van der Waals surface area contributed by atoms with Crippen molar-refractivity contribution in [1.82, 2.24) is 0 Å². The van der Waals surface area contributed by atoms with Crippen LogP contribution in [0, 0.1) is 19.3 Å². The van der Waals surface area contributed by atoms with Crippen molar-refractivity contribution in [3.05, 3.63) is 27.7 Å². The molecule has 4 nitrogen and oxygen atoms in total. The normalized spacial score (nSPS) is 12.5. The molecule has 0 aliphatic carbocycles. The van der Waals surface area contributed by atoms with E-state index in [9.17, 15) is 0 Å².